The van der Waals surface area contributed by atoms with Crippen LogP contribution in [0, 0.1) is 5.92 Å². The predicted molar refractivity (Wildman–Crippen MR) is 246 cm³/mol. The molecule has 0 saturated heterocycles. The molecule has 0 heterocycles. The van der Waals surface area contributed by atoms with Crippen molar-refractivity contribution in [3.63, 3.8) is 0 Å². The van der Waals surface area contributed by atoms with Crippen molar-refractivity contribution in [1.82, 2.24) is 47.9 Å². The maximum Gasteiger partial charge on any atom is 0.325 e. The topological polar surface area (TPSA) is 504 Å². The zero-order chi connectivity index (χ0) is 54.9. The minimum Gasteiger partial charge on any atom is -0.481 e. The van der Waals surface area contributed by atoms with Crippen molar-refractivity contribution >= 4 is 89.6 Å². The van der Waals surface area contributed by atoms with E-state index in [4.69, 9.17) is 11.5 Å². The number of carboxylic acids is 3. The summed E-state index contributed by atoms with van der Waals surface area (Å²) in [6.45, 7) is 4.62. The number of carboxylic acid groups (broad SMARTS) is 3. The number of nitrogens with two attached hydrogens (primary N) is 2. The van der Waals surface area contributed by atoms with E-state index in [1.807, 2.05) is 0 Å². The van der Waals surface area contributed by atoms with Crippen molar-refractivity contribution in [2.75, 3.05) is 18.9 Å². The quantitative estimate of drug-likeness (QED) is 0.0266. The number of carbonyl (C=O) groups is 13. The lowest BCUT2D eigenvalue weighted by Crippen LogP contribution is -2.63. The summed E-state index contributed by atoms with van der Waals surface area (Å²) >= 11 is 3.87. The summed E-state index contributed by atoms with van der Waals surface area (Å²) in [4.78, 5) is 164. The van der Waals surface area contributed by atoms with Crippen molar-refractivity contribution in [3.8, 4) is 0 Å². The largest absolute Gasteiger partial charge is 0.481 e. The average Bonchev–Trinajstić information content (AvgIpc) is 3.27. The van der Waals surface area contributed by atoms with Crippen LogP contribution in [0.2, 0.25) is 0 Å². The van der Waals surface area contributed by atoms with Crippen molar-refractivity contribution in [1.29, 1.82) is 0 Å². The lowest BCUT2D eigenvalue weighted by Gasteiger charge is -2.29. The minimum atomic E-state index is -1.99. The summed E-state index contributed by atoms with van der Waals surface area (Å²) in [7, 11) is 0. The third kappa shape index (κ3) is 25.1. The molecule has 11 atom stereocenters. The van der Waals surface area contributed by atoms with Crippen LogP contribution in [0.5, 0.6) is 0 Å². The second-order valence-corrected chi connectivity index (χ2v) is 16.9. The normalized spacial score (nSPS) is 15.6. The zero-order valence-electron chi connectivity index (χ0n) is 39.6. The number of nitrogens with one attached hydrogen (secondary N) is 9. The predicted octanol–water partition coefficient (Wildman–Crippen LogP) is -7.86. The van der Waals surface area contributed by atoms with E-state index in [0.717, 1.165) is 13.8 Å². The van der Waals surface area contributed by atoms with E-state index >= 15 is 0 Å². The smallest absolute Gasteiger partial charge is 0.325 e. The van der Waals surface area contributed by atoms with Gasteiger partial charge in [0, 0.05) is 25.0 Å². The second kappa shape index (κ2) is 32.2. The van der Waals surface area contributed by atoms with Crippen LogP contribution in [0.1, 0.15) is 79.6 Å². The first-order valence-corrected chi connectivity index (χ1v) is 22.6. The van der Waals surface area contributed by atoms with Crippen LogP contribution >= 0.6 is 12.6 Å². The number of hydrogen-bond acceptors (Lipinski definition) is 18. The number of amides is 10. The monoisotopic (exact) mass is 1040 g/mol. The van der Waals surface area contributed by atoms with E-state index in [1.165, 1.54) is 6.92 Å². The molecule has 71 heavy (non-hydrogen) atoms. The summed E-state index contributed by atoms with van der Waals surface area (Å²) in [6, 6.07) is -14.7. The molecule has 19 N–H and O–H groups in total. The SMILES string of the molecule is CC(C)C[C@H](NC(=O)[C@H](CCC(=O)O)NC(=O)CNC(=O)[C@H](CCC(=O)O)NC(=O)[C@H](CCC(N)=O)NC(=O)[C@@H](NC(=O)[C@@H](NC(=O)[C@H](CO)NC(=O)[C@@H](N)CS)[C@@H](C)O)[C@@H](C)O)C(=O)N[C@@H](C)C(=O)O. The molecule has 0 aromatic rings. The number of thiol groups is 1. The Morgan fingerprint density at radius 2 is 0.901 bits per heavy atom. The molecule has 30 nitrogen and oxygen atoms in total. The van der Waals surface area contributed by atoms with Gasteiger partial charge in [0.25, 0.3) is 0 Å². The first-order valence-electron chi connectivity index (χ1n) is 21.9. The molecule has 0 fully saturated rings. The zero-order valence-corrected chi connectivity index (χ0v) is 40.5. The Morgan fingerprint density at radius 1 is 0.507 bits per heavy atom. The lowest BCUT2D eigenvalue weighted by molar-refractivity contribution is -0.142. The highest BCUT2D eigenvalue weighted by Crippen LogP contribution is 2.09. The molecule has 0 saturated carbocycles. The number of primary amides is 1. The average molecular weight is 1040 g/mol. The standard InChI is InChI=1S/C40H67N11O19S/c1-16(2)12-24(36(65)44-17(3)40(69)70)48-34(63)22(8-11-29(59)60)45-27(56)13-43-33(62)21(7-10-28(57)58)46-35(64)23(6-9-26(42)55)47-38(67)30(18(4)53)51-39(68)31(19(5)54)50-37(66)25(14-52)49-32(61)20(41)15-71/h16-25,30-31,52-54,71H,6-15,41H2,1-5H3,(H2,42,55)(H,43,62)(H,44,65)(H,45,56)(H,46,64)(H,47,67)(H,48,63)(H,49,61)(H,50,66)(H,51,68)(H,57,58)(H,59,60)(H,69,70)/t17-,18+,19+,20-,21-,22-,23-,24-,25-,30-,31-/m0/s1. The molecule has 402 valence electrons. The minimum absolute atomic E-state index is 0.00944. The fourth-order valence-electron chi connectivity index (χ4n) is 5.91. The van der Waals surface area contributed by atoms with E-state index in [0.29, 0.717) is 0 Å². The van der Waals surface area contributed by atoms with Gasteiger partial charge in [-0.1, -0.05) is 13.8 Å². The first-order chi connectivity index (χ1) is 32.9. The summed E-state index contributed by atoms with van der Waals surface area (Å²) in [6.07, 6.45) is -7.36. The van der Waals surface area contributed by atoms with Crippen LogP contribution in [0.4, 0.5) is 0 Å². The Labute approximate surface area is 412 Å². The summed E-state index contributed by atoms with van der Waals surface area (Å²) in [5, 5.41) is 77.9. The van der Waals surface area contributed by atoms with Gasteiger partial charge < -0.3 is 90.0 Å². The van der Waals surface area contributed by atoms with Crippen molar-refractivity contribution < 1.29 is 93.0 Å². The van der Waals surface area contributed by atoms with Gasteiger partial charge in [-0.25, -0.2) is 0 Å². The molecule has 0 aliphatic carbocycles. The first kappa shape index (κ1) is 64.3. The number of rotatable bonds is 34. The Balaban J connectivity index is 6.36. The second-order valence-electron chi connectivity index (χ2n) is 16.6. The van der Waals surface area contributed by atoms with E-state index in [1.54, 1.807) is 13.8 Å². The number of aliphatic hydroxyl groups excluding tert-OH is 3. The molecule has 31 heteroatoms. The van der Waals surface area contributed by atoms with Crippen LogP contribution in [-0.2, 0) is 62.3 Å². The molecule has 0 aliphatic heterocycles. The van der Waals surface area contributed by atoms with Gasteiger partial charge in [0.15, 0.2) is 0 Å². The highest BCUT2D eigenvalue weighted by Gasteiger charge is 2.37. The summed E-state index contributed by atoms with van der Waals surface area (Å²) in [5.41, 5.74) is 10.8. The molecule has 0 aromatic carbocycles. The molecule has 0 unspecified atom stereocenters. The van der Waals surface area contributed by atoms with Gasteiger partial charge in [0.1, 0.15) is 48.3 Å². The third-order valence-corrected chi connectivity index (χ3v) is 10.3. The van der Waals surface area contributed by atoms with E-state index in [2.05, 4.69) is 60.5 Å². The van der Waals surface area contributed by atoms with Crippen LogP contribution in [-0.4, -0.2) is 193 Å². The molecule has 10 amide bonds. The van der Waals surface area contributed by atoms with Gasteiger partial charge in [-0.3, -0.25) is 62.3 Å². The lowest BCUT2D eigenvalue weighted by atomic mass is 10.0. The summed E-state index contributed by atoms with van der Waals surface area (Å²) < 4.78 is 0. The molecule has 0 bridgehead atoms. The van der Waals surface area contributed by atoms with Crippen molar-refractivity contribution in [3.05, 3.63) is 0 Å². The molecular formula is C40H67N11O19S. The number of hydrogen-bond donors (Lipinski definition) is 18. The maximum atomic E-state index is 13.7. The van der Waals surface area contributed by atoms with Crippen molar-refractivity contribution in [2.45, 2.75) is 146 Å². The van der Waals surface area contributed by atoms with Crippen LogP contribution in [0.15, 0.2) is 0 Å². The highest BCUT2D eigenvalue weighted by atomic mass is 32.1. The summed E-state index contributed by atoms with van der Waals surface area (Å²) in [5.74, 6) is -15.9. The Morgan fingerprint density at radius 3 is 1.34 bits per heavy atom. The fourth-order valence-corrected chi connectivity index (χ4v) is 6.08. The Hall–Kier alpha value is -6.70. The maximum absolute atomic E-state index is 13.7. The van der Waals surface area contributed by atoms with Gasteiger partial charge in [-0.2, -0.15) is 12.6 Å². The Kier molecular flexibility index (Phi) is 29.2. The third-order valence-electron chi connectivity index (χ3n) is 9.86. The van der Waals surface area contributed by atoms with E-state index < -0.39 is 195 Å². The van der Waals surface area contributed by atoms with Gasteiger partial charge in [0.2, 0.25) is 59.1 Å². The van der Waals surface area contributed by atoms with Gasteiger partial charge in [-0.05, 0) is 52.4 Å². The van der Waals surface area contributed by atoms with Gasteiger partial charge >= 0.3 is 17.9 Å². The number of carbonyl (C=O) groups excluding carboxylic acids is 10. The molecule has 0 rings (SSSR count). The van der Waals surface area contributed by atoms with Gasteiger partial charge in [0.05, 0.1) is 31.4 Å². The number of aliphatic hydroxyl groups is 3. The molecular weight excluding hydrogens is 971 g/mol. The molecule has 0 radical (unpaired) electrons. The van der Waals surface area contributed by atoms with Crippen LogP contribution in [0.3, 0.4) is 0 Å². The van der Waals surface area contributed by atoms with Gasteiger partial charge in [-0.15, -0.1) is 0 Å². The molecule has 0 aromatic heterocycles. The van der Waals surface area contributed by atoms with Crippen molar-refractivity contribution in [2.24, 2.45) is 17.4 Å². The van der Waals surface area contributed by atoms with E-state index in [-0.39, 0.29) is 18.1 Å². The van der Waals surface area contributed by atoms with Crippen LogP contribution in [0.25, 0.3) is 0 Å². The fraction of sp³-hybridized carbons (Fsp3) is 0.675. The molecule has 0 spiro atoms. The van der Waals surface area contributed by atoms with Crippen LogP contribution < -0.4 is 59.3 Å². The number of aliphatic carboxylic acids is 3. The highest BCUT2D eigenvalue weighted by molar-refractivity contribution is 7.80. The molecule has 0 aliphatic rings. The van der Waals surface area contributed by atoms with E-state index in [9.17, 15) is 93.0 Å². The Bertz CT molecular complexity index is 1920.